The van der Waals surface area contributed by atoms with Crippen LogP contribution in [0.5, 0.6) is 0 Å². The number of aliphatic hydroxyl groups is 4. The highest BCUT2D eigenvalue weighted by molar-refractivity contribution is 8.14. The van der Waals surface area contributed by atoms with Crippen LogP contribution in [0.25, 0.3) is 0 Å². The third kappa shape index (κ3) is 2.81. The van der Waals surface area contributed by atoms with Crippen molar-refractivity contribution in [3.63, 3.8) is 0 Å². The molecule has 19 heteroatoms. The van der Waals surface area contributed by atoms with Gasteiger partial charge in [-0.2, -0.15) is 21.6 Å². The lowest BCUT2D eigenvalue weighted by molar-refractivity contribution is -0.271. The van der Waals surface area contributed by atoms with Crippen molar-refractivity contribution in [1.29, 1.82) is 0 Å². The molecule has 7 unspecified atom stereocenters. The van der Waals surface area contributed by atoms with Gasteiger partial charge in [-0.15, -0.1) is 0 Å². The topological polar surface area (TPSA) is 212 Å². The first kappa shape index (κ1) is 30.4. The van der Waals surface area contributed by atoms with Crippen LogP contribution in [-0.2, 0) is 47.6 Å². The van der Waals surface area contributed by atoms with E-state index >= 15 is 0 Å². The molecule has 0 amide bonds. The third-order valence-corrected chi connectivity index (χ3v) is 11.9. The Kier molecular flexibility index (Phi) is 5.78. The quantitative estimate of drug-likeness (QED) is 0.123. The molecule has 2 spiro atoms. The second-order valence-electron chi connectivity index (χ2n) is 12.7. The molecule has 0 radical (unpaired) electrons. The molecular weight excluding hydrogens is 621 g/mol. The van der Waals surface area contributed by atoms with Crippen LogP contribution < -0.4 is 0 Å². The zero-order valence-electron chi connectivity index (χ0n) is 22.4. The number of alkyl halides is 3. The first-order valence-corrected chi connectivity index (χ1v) is 14.9. The number of halogens is 3. The summed E-state index contributed by atoms with van der Waals surface area (Å²) in [7, 11) is -6.46. The normalized spacial score (nSPS) is 52.6. The monoisotopic (exact) mass is 648 g/mol. The number of ether oxygens (including phenoxy) is 4. The van der Waals surface area contributed by atoms with Gasteiger partial charge in [-0.1, -0.05) is 20.8 Å². The minimum atomic E-state index is -6.46. The van der Waals surface area contributed by atoms with Crippen LogP contribution in [0.2, 0.25) is 0 Å². The Morgan fingerprint density at radius 3 is 2.17 bits per heavy atom. The molecule has 0 aromatic carbocycles. The third-order valence-electron chi connectivity index (χ3n) is 9.91. The number of aliphatic hydroxyl groups excluding tert-OH is 2. The molecule has 4 N–H and O–H groups in total. The van der Waals surface area contributed by atoms with Gasteiger partial charge in [-0.05, 0) is 24.1 Å². The minimum absolute atomic E-state index is 0.0491. The highest BCUT2D eigenvalue weighted by Gasteiger charge is 3.05. The highest BCUT2D eigenvalue weighted by atomic mass is 32.2. The van der Waals surface area contributed by atoms with Crippen LogP contribution >= 0.6 is 11.8 Å². The van der Waals surface area contributed by atoms with Gasteiger partial charge in [-0.25, -0.2) is 4.79 Å². The molecule has 2 aliphatic carbocycles. The Labute approximate surface area is 239 Å². The van der Waals surface area contributed by atoms with Crippen LogP contribution in [0.4, 0.5) is 13.2 Å². The van der Waals surface area contributed by atoms with Crippen LogP contribution in [-0.4, -0.2) is 105 Å². The molecule has 4 saturated heterocycles. The summed E-state index contributed by atoms with van der Waals surface area (Å²) in [5.41, 5.74) is -18.3. The molecule has 42 heavy (non-hydrogen) atoms. The summed E-state index contributed by atoms with van der Waals surface area (Å²) in [6, 6.07) is 0. The van der Waals surface area contributed by atoms with Crippen LogP contribution in [0.15, 0.2) is 0 Å². The zero-order valence-corrected chi connectivity index (χ0v) is 24.1. The lowest BCUT2D eigenvalue weighted by Gasteiger charge is -2.49. The second-order valence-corrected chi connectivity index (χ2v) is 15.6. The van der Waals surface area contributed by atoms with E-state index in [9.17, 15) is 56.4 Å². The summed E-state index contributed by atoms with van der Waals surface area (Å²) in [6.45, 7) is 6.34. The van der Waals surface area contributed by atoms with E-state index < -0.39 is 114 Å². The number of carbonyl (C=O) groups excluding carboxylic acids is 3. The number of carbonyl (C=O) groups is 3. The van der Waals surface area contributed by atoms with Crippen LogP contribution in [0, 0.1) is 28.1 Å². The van der Waals surface area contributed by atoms with Crippen molar-refractivity contribution in [2.45, 2.75) is 93.3 Å². The predicted octanol–water partition coefficient (Wildman–Crippen LogP) is -1.13. The van der Waals surface area contributed by atoms with Gasteiger partial charge in [0.1, 0.15) is 24.4 Å². The van der Waals surface area contributed by atoms with Gasteiger partial charge in [0.15, 0.2) is 23.1 Å². The van der Waals surface area contributed by atoms with E-state index in [1.54, 1.807) is 0 Å². The van der Waals surface area contributed by atoms with E-state index in [1.165, 1.54) is 20.8 Å². The molecule has 6 rings (SSSR count). The molecule has 4 aliphatic heterocycles. The lowest BCUT2D eigenvalue weighted by Crippen LogP contribution is -2.68. The van der Waals surface area contributed by atoms with Crippen molar-refractivity contribution in [3.05, 3.63) is 0 Å². The van der Waals surface area contributed by atoms with E-state index in [-0.39, 0.29) is 11.8 Å². The van der Waals surface area contributed by atoms with E-state index in [4.69, 9.17) is 23.1 Å². The van der Waals surface area contributed by atoms with Crippen molar-refractivity contribution in [2.24, 2.45) is 28.1 Å². The minimum Gasteiger partial charge on any atom is -0.456 e. The molecule has 236 valence electrons. The summed E-state index contributed by atoms with van der Waals surface area (Å²) in [5, 5.41) is 43.8. The zero-order chi connectivity index (χ0) is 31.6. The second kappa shape index (κ2) is 7.97. The smallest absolute Gasteiger partial charge is 0.456 e. The standard InChI is InChI=1S/C23H27F3O14S2/c1-6-13(29)36-12-10(28)19-11-8(40-42(34,35)23(24,25)26)9(17(3,4)5)18(19)14(30)22(33,41-7(2)27)39-16(18)38-21(19,15(31)37-11)20(6,12)32/h6,8-12,14,16,28,30,32-33H,1-5H3/t6-,8-,9?,10?,11?,12+,14-,16?,18?,19?,20-,21+,22?/m1/s1. The van der Waals surface area contributed by atoms with E-state index in [0.29, 0.717) is 0 Å². The van der Waals surface area contributed by atoms with Crippen molar-refractivity contribution in [1.82, 2.24) is 0 Å². The van der Waals surface area contributed by atoms with E-state index in [2.05, 4.69) is 0 Å². The number of esters is 2. The largest absolute Gasteiger partial charge is 0.523 e. The average molecular weight is 649 g/mol. The number of rotatable bonds is 3. The van der Waals surface area contributed by atoms with Gasteiger partial charge in [0.2, 0.25) is 5.60 Å². The van der Waals surface area contributed by atoms with Gasteiger partial charge in [0.05, 0.1) is 16.7 Å². The number of hydrogen-bond acceptors (Lipinski definition) is 15. The Hall–Kier alpha value is -1.58. The maximum atomic E-state index is 13.9. The molecule has 0 aromatic heterocycles. The van der Waals surface area contributed by atoms with Gasteiger partial charge < -0.3 is 39.4 Å². The van der Waals surface area contributed by atoms with Gasteiger partial charge in [-0.3, -0.25) is 13.8 Å². The predicted molar refractivity (Wildman–Crippen MR) is 125 cm³/mol. The Bertz CT molecular complexity index is 1420. The average Bonchev–Trinajstić information content (AvgIpc) is 3.50. The fourth-order valence-electron chi connectivity index (χ4n) is 8.97. The summed E-state index contributed by atoms with van der Waals surface area (Å²) >= 11 is 0.0491. The first-order chi connectivity index (χ1) is 18.9. The van der Waals surface area contributed by atoms with Gasteiger partial charge in [0, 0.05) is 12.8 Å². The van der Waals surface area contributed by atoms with E-state index in [1.807, 2.05) is 0 Å². The van der Waals surface area contributed by atoms with Crippen LogP contribution in [0.3, 0.4) is 0 Å². The molecule has 13 atom stereocenters. The van der Waals surface area contributed by atoms with Crippen molar-refractivity contribution in [2.75, 3.05) is 0 Å². The van der Waals surface area contributed by atoms with Crippen molar-refractivity contribution < 1.29 is 79.5 Å². The lowest BCUT2D eigenvalue weighted by atomic mass is 9.50. The molecule has 6 aliphatic rings. The van der Waals surface area contributed by atoms with Crippen molar-refractivity contribution in [3.8, 4) is 0 Å². The fraction of sp³-hybridized carbons (Fsp3) is 0.870. The Balaban J connectivity index is 1.71. The summed E-state index contributed by atoms with van der Waals surface area (Å²) < 4.78 is 93.0. The number of fused-ring (bicyclic) bond motifs is 1. The molecule has 4 heterocycles. The summed E-state index contributed by atoms with van der Waals surface area (Å²) in [5.74, 6) is -5.99. The molecule has 0 bridgehead atoms. The molecular formula is C23H27F3O14S2. The number of hydrogen-bond donors (Lipinski definition) is 4. The van der Waals surface area contributed by atoms with E-state index in [0.717, 1.165) is 13.8 Å². The molecule has 0 aromatic rings. The fourth-order valence-corrected chi connectivity index (χ4v) is 10.4. The van der Waals surface area contributed by atoms with Gasteiger partial charge >= 0.3 is 27.6 Å². The van der Waals surface area contributed by atoms with Crippen molar-refractivity contribution >= 4 is 38.9 Å². The first-order valence-electron chi connectivity index (χ1n) is 12.7. The molecule has 14 nitrogen and oxygen atoms in total. The maximum absolute atomic E-state index is 13.9. The summed E-state index contributed by atoms with van der Waals surface area (Å²) in [4.78, 5) is 38.6. The van der Waals surface area contributed by atoms with Crippen LogP contribution in [0.1, 0.15) is 34.6 Å². The SMILES string of the molecule is CC(=O)SC1(O)OC2O[C@@]34C(=O)OC5[C@H](OS(=O)(=O)C(F)(F)F)C(C(C)(C)C)C2([C@H]1O)C53C(O)[C@@H]1OC(=O)[C@@H](C)[C@@]14O. The number of thioether (sulfide) groups is 1. The van der Waals surface area contributed by atoms with Gasteiger partial charge in [0.25, 0.3) is 5.12 Å². The Morgan fingerprint density at radius 2 is 1.64 bits per heavy atom. The molecule has 2 saturated carbocycles. The highest BCUT2D eigenvalue weighted by Crippen LogP contribution is 2.86. The Morgan fingerprint density at radius 1 is 1.05 bits per heavy atom. The molecule has 6 fully saturated rings. The summed E-state index contributed by atoms with van der Waals surface area (Å²) in [6.07, 6.45) is -13.4. The maximum Gasteiger partial charge on any atom is 0.523 e.